The lowest BCUT2D eigenvalue weighted by Gasteiger charge is -2.13. The molecule has 0 bridgehead atoms. The van der Waals surface area contributed by atoms with Crippen LogP contribution in [-0.2, 0) is 4.79 Å². The number of rotatable bonds is 6. The van der Waals surface area contributed by atoms with Crippen molar-refractivity contribution < 1.29 is 9.59 Å². The Morgan fingerprint density at radius 2 is 1.74 bits per heavy atom. The van der Waals surface area contributed by atoms with Gasteiger partial charge < -0.3 is 11.1 Å². The molecule has 0 fully saturated rings. The number of hydrogen-bond acceptors (Lipinski definition) is 2. The van der Waals surface area contributed by atoms with E-state index in [1.165, 1.54) is 0 Å². The Morgan fingerprint density at radius 3 is 2.35 bits per heavy atom. The molecule has 118 valence electrons. The van der Waals surface area contributed by atoms with E-state index in [9.17, 15) is 9.59 Å². The van der Waals surface area contributed by atoms with E-state index >= 15 is 0 Å². The van der Waals surface area contributed by atoms with Crippen LogP contribution in [0.4, 0.5) is 0 Å². The van der Waals surface area contributed by atoms with Crippen molar-refractivity contribution >= 4 is 29.5 Å². The molecule has 0 saturated heterocycles. The maximum absolute atomic E-state index is 12.1. The molecule has 0 aliphatic heterocycles. The van der Waals surface area contributed by atoms with Crippen molar-refractivity contribution in [2.45, 2.75) is 12.5 Å². The number of hydrogen-bond donors (Lipinski definition) is 2. The van der Waals surface area contributed by atoms with Crippen molar-refractivity contribution in [2.75, 3.05) is 0 Å². The van der Waals surface area contributed by atoms with Crippen LogP contribution in [0.2, 0.25) is 5.02 Å². The third-order valence-electron chi connectivity index (χ3n) is 3.24. The third kappa shape index (κ3) is 5.27. The van der Waals surface area contributed by atoms with Crippen molar-refractivity contribution in [3.05, 3.63) is 76.8 Å². The van der Waals surface area contributed by atoms with E-state index in [2.05, 4.69) is 5.32 Å². The average molecular weight is 329 g/mol. The van der Waals surface area contributed by atoms with Gasteiger partial charge in [-0.15, -0.1) is 0 Å². The zero-order valence-electron chi connectivity index (χ0n) is 12.4. The van der Waals surface area contributed by atoms with Crippen molar-refractivity contribution in [1.29, 1.82) is 0 Å². The van der Waals surface area contributed by atoms with Gasteiger partial charge in [0.15, 0.2) is 0 Å². The van der Waals surface area contributed by atoms with Gasteiger partial charge in [0.25, 0.3) is 5.91 Å². The summed E-state index contributed by atoms with van der Waals surface area (Å²) >= 11 is 5.78. The van der Waals surface area contributed by atoms with Crippen molar-refractivity contribution in [3.63, 3.8) is 0 Å². The first kappa shape index (κ1) is 16.8. The summed E-state index contributed by atoms with van der Waals surface area (Å²) < 4.78 is 0. The lowest BCUT2D eigenvalue weighted by Crippen LogP contribution is -2.44. The fraction of sp³-hybridized carbons (Fsp3) is 0.111. The van der Waals surface area contributed by atoms with Crippen LogP contribution in [0.15, 0.2) is 60.7 Å². The predicted molar refractivity (Wildman–Crippen MR) is 92.0 cm³/mol. The third-order valence-corrected chi connectivity index (χ3v) is 3.49. The quantitative estimate of drug-likeness (QED) is 0.855. The molecule has 23 heavy (non-hydrogen) atoms. The largest absolute Gasteiger partial charge is 0.368 e. The summed E-state index contributed by atoms with van der Waals surface area (Å²) in [5.41, 5.74) is 6.80. The zero-order valence-corrected chi connectivity index (χ0v) is 13.2. The highest BCUT2D eigenvalue weighted by Crippen LogP contribution is 2.10. The molecular weight excluding hydrogens is 312 g/mol. The summed E-state index contributed by atoms with van der Waals surface area (Å²) in [4.78, 5) is 23.6. The Morgan fingerprint density at radius 1 is 1.09 bits per heavy atom. The molecule has 2 rings (SSSR count). The predicted octanol–water partition coefficient (Wildman–Crippen LogP) is 3.03. The lowest BCUT2D eigenvalue weighted by atomic mass is 10.1. The maximum Gasteiger partial charge on any atom is 0.251 e. The minimum Gasteiger partial charge on any atom is -0.368 e. The van der Waals surface area contributed by atoms with E-state index in [0.717, 1.165) is 5.56 Å². The van der Waals surface area contributed by atoms with Crippen LogP contribution in [0.25, 0.3) is 6.08 Å². The lowest BCUT2D eigenvalue weighted by molar-refractivity contribution is -0.119. The second-order valence-electron chi connectivity index (χ2n) is 4.98. The molecule has 2 aromatic rings. The number of nitrogens with one attached hydrogen (secondary N) is 1. The Balaban J connectivity index is 1.98. The van der Waals surface area contributed by atoms with Crippen LogP contribution >= 0.6 is 11.6 Å². The van der Waals surface area contributed by atoms with Gasteiger partial charge in [-0.3, -0.25) is 9.59 Å². The van der Waals surface area contributed by atoms with Crippen LogP contribution in [0.3, 0.4) is 0 Å². The minimum absolute atomic E-state index is 0.323. The molecule has 0 unspecified atom stereocenters. The van der Waals surface area contributed by atoms with Gasteiger partial charge in [-0.25, -0.2) is 0 Å². The van der Waals surface area contributed by atoms with Crippen LogP contribution in [0.5, 0.6) is 0 Å². The van der Waals surface area contributed by atoms with Gasteiger partial charge in [0, 0.05) is 10.6 Å². The van der Waals surface area contributed by atoms with Gasteiger partial charge >= 0.3 is 0 Å². The molecule has 1 atom stereocenters. The second kappa shape index (κ2) is 8.15. The molecule has 2 aromatic carbocycles. The number of carbonyl (C=O) groups is 2. The van der Waals surface area contributed by atoms with Gasteiger partial charge in [-0.1, -0.05) is 54.1 Å². The number of carbonyl (C=O) groups excluding carboxylic acids is 2. The van der Waals surface area contributed by atoms with Crippen LogP contribution < -0.4 is 11.1 Å². The second-order valence-corrected chi connectivity index (χ2v) is 5.42. The molecule has 0 spiro atoms. The first-order valence-electron chi connectivity index (χ1n) is 7.13. The van der Waals surface area contributed by atoms with E-state index in [-0.39, 0.29) is 5.91 Å². The van der Waals surface area contributed by atoms with Gasteiger partial charge in [-0.2, -0.15) is 0 Å². The summed E-state index contributed by atoms with van der Waals surface area (Å²) in [6, 6.07) is 15.3. The van der Waals surface area contributed by atoms with E-state index in [4.69, 9.17) is 17.3 Å². The summed E-state index contributed by atoms with van der Waals surface area (Å²) in [6.45, 7) is 0. The first-order valence-corrected chi connectivity index (χ1v) is 7.51. The van der Waals surface area contributed by atoms with Crippen molar-refractivity contribution in [3.8, 4) is 0 Å². The average Bonchev–Trinajstić information content (AvgIpc) is 2.55. The first-order chi connectivity index (χ1) is 11.1. The highest BCUT2D eigenvalue weighted by molar-refractivity contribution is 6.30. The number of amides is 2. The van der Waals surface area contributed by atoms with E-state index in [1.54, 1.807) is 24.3 Å². The minimum atomic E-state index is -0.766. The molecule has 5 heteroatoms. The SMILES string of the molecule is NC(=O)[C@@H](C/C=C/c1ccccc1)NC(=O)c1ccc(Cl)cc1. The summed E-state index contributed by atoms with van der Waals surface area (Å²) in [5.74, 6) is -0.941. The molecule has 3 N–H and O–H groups in total. The zero-order chi connectivity index (χ0) is 16.7. The van der Waals surface area contributed by atoms with Gasteiger partial charge in [-0.05, 0) is 36.2 Å². The Labute approximate surface area is 140 Å². The number of benzene rings is 2. The van der Waals surface area contributed by atoms with E-state index in [1.807, 2.05) is 42.5 Å². The molecule has 2 amide bonds. The molecule has 0 heterocycles. The van der Waals surface area contributed by atoms with E-state index < -0.39 is 11.9 Å². The molecule has 4 nitrogen and oxygen atoms in total. The number of nitrogens with two attached hydrogens (primary N) is 1. The summed E-state index contributed by atoms with van der Waals surface area (Å²) in [7, 11) is 0. The fourth-order valence-corrected chi connectivity index (χ4v) is 2.12. The van der Waals surface area contributed by atoms with Gasteiger partial charge in [0.1, 0.15) is 6.04 Å². The standard InChI is InChI=1S/C18H17ClN2O2/c19-15-11-9-14(10-12-15)18(23)21-16(17(20)22)8-4-7-13-5-2-1-3-6-13/h1-7,9-12,16H,8H2,(H2,20,22)(H,21,23)/b7-4+/t16-/m1/s1. The fourth-order valence-electron chi connectivity index (χ4n) is 1.99. The van der Waals surface area contributed by atoms with E-state index in [0.29, 0.717) is 17.0 Å². The van der Waals surface area contributed by atoms with Crippen LogP contribution in [0.1, 0.15) is 22.3 Å². The monoisotopic (exact) mass is 328 g/mol. The molecule has 0 aliphatic rings. The van der Waals surface area contributed by atoms with Gasteiger partial charge in [0.05, 0.1) is 0 Å². The van der Waals surface area contributed by atoms with Crippen LogP contribution in [-0.4, -0.2) is 17.9 Å². The molecule has 0 radical (unpaired) electrons. The Hall–Kier alpha value is -2.59. The van der Waals surface area contributed by atoms with Crippen molar-refractivity contribution in [2.24, 2.45) is 5.73 Å². The highest BCUT2D eigenvalue weighted by Gasteiger charge is 2.17. The Kier molecular flexibility index (Phi) is 5.94. The normalized spacial score (nSPS) is 12.0. The number of primary amides is 1. The highest BCUT2D eigenvalue weighted by atomic mass is 35.5. The molecule has 0 saturated carbocycles. The Bertz CT molecular complexity index is 697. The molecule has 0 aromatic heterocycles. The topological polar surface area (TPSA) is 72.2 Å². The van der Waals surface area contributed by atoms with Crippen molar-refractivity contribution in [1.82, 2.24) is 5.32 Å². The molecule has 0 aliphatic carbocycles. The van der Waals surface area contributed by atoms with Gasteiger partial charge in [0.2, 0.25) is 5.91 Å². The maximum atomic E-state index is 12.1. The smallest absolute Gasteiger partial charge is 0.251 e. The van der Waals surface area contributed by atoms with Crippen LogP contribution in [0, 0.1) is 0 Å². The molecular formula is C18H17ClN2O2. The summed E-state index contributed by atoms with van der Waals surface area (Å²) in [6.07, 6.45) is 4.01. The summed E-state index contributed by atoms with van der Waals surface area (Å²) in [5, 5.41) is 3.17. The number of halogens is 1.